The van der Waals surface area contributed by atoms with Gasteiger partial charge in [-0.1, -0.05) is 0 Å². The van der Waals surface area contributed by atoms with Crippen LogP contribution in [0.5, 0.6) is 0 Å². The maximum atomic E-state index is 2.43. The van der Waals surface area contributed by atoms with Crippen LogP contribution in [0, 0.1) is 0 Å². The van der Waals surface area contributed by atoms with Crippen LogP contribution < -0.4 is 37.2 Å². The first kappa shape index (κ1) is 27.4. The summed E-state index contributed by atoms with van der Waals surface area (Å²) in [6.07, 6.45) is 2.37. The Kier molecular flexibility index (Phi) is 9.22. The zero-order valence-electron chi connectivity index (χ0n) is 18.2. The molecule has 1 atom stereocenters. The van der Waals surface area contributed by atoms with E-state index in [0.717, 1.165) is 0 Å². The molecule has 0 fully saturated rings. The summed E-state index contributed by atoms with van der Waals surface area (Å²) in [5.41, 5.74) is 7.69. The molecule has 4 aromatic rings. The first-order valence-corrected chi connectivity index (χ1v) is 11.2. The Morgan fingerprint density at radius 1 is 0.545 bits per heavy atom. The van der Waals surface area contributed by atoms with Gasteiger partial charge in [0.25, 0.3) is 0 Å². The van der Waals surface area contributed by atoms with Crippen LogP contribution in [-0.2, 0) is 29.6 Å². The Balaban J connectivity index is 0.00000128. The van der Waals surface area contributed by atoms with Gasteiger partial charge in [-0.15, -0.1) is 0 Å². The van der Waals surface area contributed by atoms with Crippen molar-refractivity contribution in [2.75, 3.05) is 0 Å². The van der Waals surface area contributed by atoms with Crippen LogP contribution in [0.15, 0.2) is 121 Å². The molecule has 0 spiro atoms. The fourth-order valence-electron chi connectivity index (χ4n) is 5.23. The number of halogens is 3. The van der Waals surface area contributed by atoms with Gasteiger partial charge in [0.05, 0.1) is 0 Å². The Morgan fingerprint density at radius 3 is 1.33 bits per heavy atom. The second kappa shape index (κ2) is 11.1. The van der Waals surface area contributed by atoms with Gasteiger partial charge in [0.2, 0.25) is 0 Å². The second-order valence-corrected chi connectivity index (χ2v) is 9.18. The molecule has 0 radical (unpaired) electrons. The fraction of sp³-hybridized carbons (Fsp3) is 0.103. The minimum absolute atomic E-state index is 0. The molecule has 0 nitrogen and oxygen atoms in total. The number of benzene rings is 4. The van der Waals surface area contributed by atoms with E-state index in [1.165, 1.54) is 33.4 Å². The van der Waals surface area contributed by atoms with Gasteiger partial charge < -0.3 is 37.2 Å². The van der Waals surface area contributed by atoms with Crippen molar-refractivity contribution < 1.29 is 57.7 Å². The van der Waals surface area contributed by atoms with Crippen LogP contribution >= 0.6 is 0 Å². The number of allylic oxidation sites excluding steroid dienone is 1. The average Bonchev–Trinajstić information content (AvgIpc) is 3.07. The van der Waals surface area contributed by atoms with E-state index in [0.29, 0.717) is 0 Å². The van der Waals surface area contributed by atoms with E-state index in [9.17, 15) is 0 Å². The molecule has 0 saturated carbocycles. The normalized spacial score (nSPS) is 16.4. The SMILES string of the molecule is CC1=Cc2ccccc2[C]1([Ti+3])C(c1ccccc1)(c1ccccc1)c1ccccc1.[Cl-].[Cl-].[Cl-]. The number of hydrogen-bond acceptors (Lipinski definition) is 0. The van der Waals surface area contributed by atoms with E-state index in [2.05, 4.69) is 149 Å². The summed E-state index contributed by atoms with van der Waals surface area (Å²) in [5.74, 6) is 0. The Bertz CT molecular complexity index is 1110. The average molecular weight is 526 g/mol. The standard InChI is InChI=1S/C29H23.3ClH.Ti/c1-22-21-23-13-11-12-20-27(23)28(22)29(24-14-5-2-6-15-24,25-16-7-3-8-17-25)26-18-9-4-10-19-26;;;;/h2-21H,1H3;3*1H;/q;;;;+3/p-3. The van der Waals surface area contributed by atoms with E-state index in [1.807, 2.05) is 0 Å². The van der Waals surface area contributed by atoms with Crippen molar-refractivity contribution >= 4 is 6.08 Å². The summed E-state index contributed by atoms with van der Waals surface area (Å²) in [6.45, 7) is 2.30. The number of fused-ring (bicyclic) bond motifs is 1. The van der Waals surface area contributed by atoms with Gasteiger partial charge in [-0.3, -0.25) is 0 Å². The molecule has 33 heavy (non-hydrogen) atoms. The minimum Gasteiger partial charge on any atom is -1.00 e. The van der Waals surface area contributed by atoms with Crippen molar-refractivity contribution in [2.45, 2.75) is 16.1 Å². The van der Waals surface area contributed by atoms with E-state index in [4.69, 9.17) is 0 Å². The van der Waals surface area contributed by atoms with E-state index >= 15 is 0 Å². The molecule has 0 saturated heterocycles. The van der Waals surface area contributed by atoms with Crippen molar-refractivity contribution in [1.82, 2.24) is 0 Å². The van der Waals surface area contributed by atoms with Gasteiger partial charge in [0.1, 0.15) is 0 Å². The van der Waals surface area contributed by atoms with Crippen molar-refractivity contribution in [3.63, 3.8) is 0 Å². The first-order chi connectivity index (χ1) is 14.7. The van der Waals surface area contributed by atoms with Crippen molar-refractivity contribution in [3.8, 4) is 0 Å². The van der Waals surface area contributed by atoms with Crippen molar-refractivity contribution in [2.24, 2.45) is 0 Å². The van der Waals surface area contributed by atoms with E-state index in [-0.39, 0.29) is 46.4 Å². The molecule has 0 heterocycles. The van der Waals surface area contributed by atoms with Gasteiger partial charge in [0, 0.05) is 0 Å². The first-order valence-electron chi connectivity index (χ1n) is 10.4. The van der Waals surface area contributed by atoms with Gasteiger partial charge in [-0.2, -0.15) is 0 Å². The van der Waals surface area contributed by atoms with Crippen LogP contribution in [-0.4, -0.2) is 0 Å². The molecular weight excluding hydrogens is 503 g/mol. The summed E-state index contributed by atoms with van der Waals surface area (Å²) in [5, 5.41) is 0. The summed E-state index contributed by atoms with van der Waals surface area (Å²) in [4.78, 5) is 0. The summed E-state index contributed by atoms with van der Waals surface area (Å²) < 4.78 is -0.229. The maximum Gasteiger partial charge on any atom is -1.00 e. The fourth-order valence-corrected chi connectivity index (χ4v) is 6.37. The smallest absolute Gasteiger partial charge is 1.00 e. The van der Waals surface area contributed by atoms with Gasteiger partial charge >= 0.3 is 191 Å². The van der Waals surface area contributed by atoms with Crippen LogP contribution in [0.25, 0.3) is 6.08 Å². The molecule has 0 amide bonds. The van der Waals surface area contributed by atoms with Crippen molar-refractivity contribution in [1.29, 1.82) is 0 Å². The molecule has 0 N–H and O–H groups in total. The third kappa shape index (κ3) is 4.14. The molecule has 0 aromatic heterocycles. The monoisotopic (exact) mass is 524 g/mol. The summed E-state index contributed by atoms with van der Waals surface area (Å²) in [6, 6.07) is 41.9. The van der Waals surface area contributed by atoms with Gasteiger partial charge in [-0.25, -0.2) is 0 Å². The Hall–Kier alpha value is -1.80. The Morgan fingerprint density at radius 2 is 0.909 bits per heavy atom. The maximum absolute atomic E-state index is 2.43. The predicted molar refractivity (Wildman–Crippen MR) is 121 cm³/mol. The molecule has 1 aliphatic rings. The van der Waals surface area contributed by atoms with Crippen LogP contribution in [0.2, 0.25) is 0 Å². The van der Waals surface area contributed by atoms with Gasteiger partial charge in [0.15, 0.2) is 0 Å². The van der Waals surface area contributed by atoms with Crippen molar-refractivity contribution in [3.05, 3.63) is 149 Å². The van der Waals surface area contributed by atoms with Gasteiger partial charge in [-0.05, 0) is 0 Å². The third-order valence-corrected chi connectivity index (χ3v) is 8.13. The zero-order chi connectivity index (χ0) is 20.6. The zero-order valence-corrected chi connectivity index (χ0v) is 22.0. The molecule has 164 valence electrons. The number of hydrogen-bond donors (Lipinski definition) is 0. The molecule has 1 unspecified atom stereocenters. The third-order valence-electron chi connectivity index (χ3n) is 6.51. The summed E-state index contributed by atoms with van der Waals surface area (Å²) in [7, 11) is 0. The molecular formula is C29H23Cl3Ti. The van der Waals surface area contributed by atoms with Crippen LogP contribution in [0.1, 0.15) is 34.7 Å². The summed E-state index contributed by atoms with van der Waals surface area (Å²) >= 11 is 2.43. The van der Waals surface area contributed by atoms with Crippen LogP contribution in [0.3, 0.4) is 0 Å². The second-order valence-electron chi connectivity index (χ2n) is 8.01. The Labute approximate surface area is 227 Å². The molecule has 0 aliphatic heterocycles. The van der Waals surface area contributed by atoms with Crippen LogP contribution in [0.4, 0.5) is 0 Å². The molecule has 0 bridgehead atoms. The van der Waals surface area contributed by atoms with E-state index < -0.39 is 0 Å². The number of rotatable bonds is 4. The molecule has 1 aliphatic carbocycles. The molecule has 4 heteroatoms. The topological polar surface area (TPSA) is 0 Å². The minimum atomic E-state index is -0.357. The largest absolute Gasteiger partial charge is 1.00 e. The molecule has 4 aromatic carbocycles. The van der Waals surface area contributed by atoms with E-state index in [1.54, 1.807) is 0 Å². The quantitative estimate of drug-likeness (QED) is 0.212. The molecule has 5 rings (SSSR count). The predicted octanol–water partition coefficient (Wildman–Crippen LogP) is -2.11.